The molecule has 2 atom stereocenters. The predicted octanol–water partition coefficient (Wildman–Crippen LogP) is 4.66. The number of halogens is 2. The van der Waals surface area contributed by atoms with E-state index < -0.39 is 27.1 Å². The van der Waals surface area contributed by atoms with Crippen LogP contribution in [0.1, 0.15) is 31.2 Å². The molecule has 1 aliphatic carbocycles. The van der Waals surface area contributed by atoms with Gasteiger partial charge in [-0.1, -0.05) is 48.0 Å². The van der Waals surface area contributed by atoms with Crippen LogP contribution >= 0.6 is 11.6 Å². The molecule has 2 aromatic rings. The molecule has 0 amide bonds. The molecule has 2 aromatic carbocycles. The third-order valence-electron chi connectivity index (χ3n) is 4.76. The number of hydrogen-bond acceptors (Lipinski definition) is 4. The molecule has 0 aromatic heterocycles. The zero-order valence-corrected chi connectivity index (χ0v) is 17.3. The van der Waals surface area contributed by atoms with Crippen molar-refractivity contribution in [1.82, 2.24) is 0 Å². The number of benzene rings is 2. The van der Waals surface area contributed by atoms with Gasteiger partial charge in [0.1, 0.15) is 11.1 Å². The number of carbonyl (C=O) groups is 1. The Bertz CT molecular complexity index is 1020. The minimum atomic E-state index is -4.09. The molecule has 0 radical (unpaired) electrons. The lowest BCUT2D eigenvalue weighted by Crippen LogP contribution is -2.36. The Morgan fingerprint density at radius 2 is 1.93 bits per heavy atom. The summed E-state index contributed by atoms with van der Waals surface area (Å²) in [7, 11) is -4.09. The van der Waals surface area contributed by atoms with Gasteiger partial charge in [0, 0.05) is 10.9 Å². The first-order valence-electron chi connectivity index (χ1n) is 9.22. The normalized spacial score (nSPS) is 19.3. The first-order valence-corrected chi connectivity index (χ1v) is 11.1. The van der Waals surface area contributed by atoms with Crippen molar-refractivity contribution in [1.29, 1.82) is 0 Å². The molecule has 0 heterocycles. The smallest absolute Gasteiger partial charge is 0.335 e. The minimum Gasteiger partial charge on any atom is -0.463 e. The van der Waals surface area contributed by atoms with E-state index in [1.165, 1.54) is 12.1 Å². The topological polar surface area (TPSA) is 72.5 Å². The van der Waals surface area contributed by atoms with Crippen LogP contribution in [0.5, 0.6) is 0 Å². The third-order valence-corrected chi connectivity index (χ3v) is 6.74. The maximum Gasteiger partial charge on any atom is 0.335 e. The van der Waals surface area contributed by atoms with Gasteiger partial charge in [-0.25, -0.2) is 17.6 Å². The van der Waals surface area contributed by atoms with Gasteiger partial charge in [0.25, 0.3) is 0 Å². The standard InChI is InChI=1S/C21H21ClFNO4S/c1-2-28-21(25)17-12-15(14-6-4-3-5-7-14)8-11-20(17)29(26,27)24-19-10-9-16(22)13-18(19)23/h3-7,9-10,12-13,15,20,24H,2,8,11H2,1H3. The van der Waals surface area contributed by atoms with E-state index in [0.29, 0.717) is 6.42 Å². The van der Waals surface area contributed by atoms with E-state index in [-0.39, 0.29) is 35.2 Å². The summed E-state index contributed by atoms with van der Waals surface area (Å²) < 4.78 is 47.4. The number of sulfonamides is 1. The summed E-state index contributed by atoms with van der Waals surface area (Å²) in [5.74, 6) is -1.57. The average Bonchev–Trinajstić information content (AvgIpc) is 2.70. The van der Waals surface area contributed by atoms with Crippen molar-refractivity contribution < 1.29 is 22.3 Å². The molecule has 0 spiro atoms. The Labute approximate surface area is 174 Å². The predicted molar refractivity (Wildman–Crippen MR) is 111 cm³/mol. The summed E-state index contributed by atoms with van der Waals surface area (Å²) in [6, 6.07) is 13.2. The van der Waals surface area contributed by atoms with Crippen molar-refractivity contribution >= 4 is 33.3 Å². The molecule has 3 rings (SSSR count). The van der Waals surface area contributed by atoms with Gasteiger partial charge in [-0.15, -0.1) is 0 Å². The highest BCUT2D eigenvalue weighted by atomic mass is 35.5. The lowest BCUT2D eigenvalue weighted by molar-refractivity contribution is -0.138. The number of carbonyl (C=O) groups excluding carboxylic acids is 1. The first kappa shape index (κ1) is 21.3. The molecule has 8 heteroatoms. The van der Waals surface area contributed by atoms with Gasteiger partial charge in [0.05, 0.1) is 17.9 Å². The lowest BCUT2D eigenvalue weighted by atomic mass is 9.85. The average molecular weight is 438 g/mol. The van der Waals surface area contributed by atoms with Crippen molar-refractivity contribution in [3.63, 3.8) is 0 Å². The fourth-order valence-electron chi connectivity index (χ4n) is 3.39. The highest BCUT2D eigenvalue weighted by molar-refractivity contribution is 7.93. The molecule has 29 heavy (non-hydrogen) atoms. The Hall–Kier alpha value is -2.38. The van der Waals surface area contributed by atoms with E-state index in [0.717, 1.165) is 11.6 Å². The van der Waals surface area contributed by atoms with Gasteiger partial charge >= 0.3 is 5.97 Å². The number of rotatable bonds is 6. The van der Waals surface area contributed by atoms with Gasteiger partial charge in [0.2, 0.25) is 10.0 Å². The van der Waals surface area contributed by atoms with Gasteiger partial charge in [-0.2, -0.15) is 0 Å². The van der Waals surface area contributed by atoms with Crippen LogP contribution in [0.4, 0.5) is 10.1 Å². The molecule has 1 aliphatic rings. The van der Waals surface area contributed by atoms with Crippen LogP contribution in [-0.2, 0) is 19.6 Å². The van der Waals surface area contributed by atoms with Crippen LogP contribution in [-0.4, -0.2) is 26.2 Å². The third kappa shape index (κ3) is 4.97. The van der Waals surface area contributed by atoms with E-state index in [1.807, 2.05) is 30.3 Å². The second kappa shape index (κ2) is 8.97. The van der Waals surface area contributed by atoms with Gasteiger partial charge in [-0.3, -0.25) is 4.72 Å². The number of anilines is 1. The zero-order valence-electron chi connectivity index (χ0n) is 15.8. The molecule has 154 valence electrons. The van der Waals surface area contributed by atoms with Gasteiger partial charge in [0.15, 0.2) is 0 Å². The molecule has 0 saturated carbocycles. The Balaban J connectivity index is 1.94. The monoisotopic (exact) mass is 437 g/mol. The van der Waals surface area contributed by atoms with Crippen molar-refractivity contribution in [2.75, 3.05) is 11.3 Å². The van der Waals surface area contributed by atoms with Crippen molar-refractivity contribution in [3.8, 4) is 0 Å². The summed E-state index contributed by atoms with van der Waals surface area (Å²) in [5.41, 5.74) is 0.832. The summed E-state index contributed by atoms with van der Waals surface area (Å²) in [6.45, 7) is 1.78. The van der Waals surface area contributed by atoms with Crippen LogP contribution in [0, 0.1) is 5.82 Å². The second-order valence-electron chi connectivity index (χ2n) is 6.70. The largest absolute Gasteiger partial charge is 0.463 e. The van der Waals surface area contributed by atoms with Crippen LogP contribution in [0.2, 0.25) is 5.02 Å². The van der Waals surface area contributed by atoms with E-state index in [2.05, 4.69) is 4.72 Å². The number of ether oxygens (including phenoxy) is 1. The van der Waals surface area contributed by atoms with Crippen LogP contribution in [0.15, 0.2) is 60.2 Å². The van der Waals surface area contributed by atoms with Gasteiger partial charge in [-0.05, 0) is 43.5 Å². The summed E-state index contributed by atoms with van der Waals surface area (Å²) >= 11 is 5.72. The van der Waals surface area contributed by atoms with E-state index in [9.17, 15) is 17.6 Å². The van der Waals surface area contributed by atoms with Crippen molar-refractivity contribution in [3.05, 3.63) is 76.6 Å². The van der Waals surface area contributed by atoms with E-state index in [1.54, 1.807) is 13.0 Å². The molecule has 2 unspecified atom stereocenters. The van der Waals surface area contributed by atoms with E-state index in [4.69, 9.17) is 16.3 Å². The number of esters is 1. The quantitative estimate of drug-likeness (QED) is 0.667. The van der Waals surface area contributed by atoms with Gasteiger partial charge < -0.3 is 4.74 Å². The Kier molecular flexibility index (Phi) is 6.59. The second-order valence-corrected chi connectivity index (χ2v) is 9.00. The highest BCUT2D eigenvalue weighted by Crippen LogP contribution is 2.35. The fraction of sp³-hybridized carbons (Fsp3) is 0.286. The number of nitrogens with one attached hydrogen (secondary N) is 1. The number of hydrogen-bond donors (Lipinski definition) is 1. The van der Waals surface area contributed by atoms with Crippen LogP contribution in [0.25, 0.3) is 0 Å². The zero-order chi connectivity index (χ0) is 21.0. The summed E-state index contributed by atoms with van der Waals surface area (Å²) in [4.78, 5) is 12.5. The number of allylic oxidation sites excluding steroid dienone is 1. The van der Waals surface area contributed by atoms with Crippen LogP contribution in [0.3, 0.4) is 0 Å². The lowest BCUT2D eigenvalue weighted by Gasteiger charge is -2.28. The van der Waals surface area contributed by atoms with Crippen LogP contribution < -0.4 is 4.72 Å². The van der Waals surface area contributed by atoms with E-state index >= 15 is 0 Å². The van der Waals surface area contributed by atoms with Crippen molar-refractivity contribution in [2.45, 2.75) is 30.9 Å². The maximum absolute atomic E-state index is 14.1. The molecule has 0 saturated heterocycles. The maximum atomic E-state index is 14.1. The fourth-order valence-corrected chi connectivity index (χ4v) is 5.12. The molecular formula is C21H21ClFNO4S. The Morgan fingerprint density at radius 1 is 1.21 bits per heavy atom. The molecule has 5 nitrogen and oxygen atoms in total. The molecule has 0 aliphatic heterocycles. The Morgan fingerprint density at radius 3 is 2.59 bits per heavy atom. The highest BCUT2D eigenvalue weighted by Gasteiger charge is 2.38. The van der Waals surface area contributed by atoms with Crippen molar-refractivity contribution in [2.24, 2.45) is 0 Å². The first-order chi connectivity index (χ1) is 13.8. The molecule has 0 fully saturated rings. The summed E-state index contributed by atoms with van der Waals surface area (Å²) in [6.07, 6.45) is 2.38. The SMILES string of the molecule is CCOC(=O)C1=CC(c2ccccc2)CCC1S(=O)(=O)Nc1ccc(Cl)cc1F. The molecular weight excluding hydrogens is 417 g/mol. The molecule has 0 bridgehead atoms. The molecule has 1 N–H and O–H groups in total. The summed E-state index contributed by atoms with van der Waals surface area (Å²) in [5, 5.41) is -0.988. The minimum absolute atomic E-state index is 0.0637.